The summed E-state index contributed by atoms with van der Waals surface area (Å²) >= 11 is 0. The molecule has 12 nitrogen and oxygen atoms in total. The van der Waals surface area contributed by atoms with Crippen molar-refractivity contribution in [3.05, 3.63) is 41.7 Å². The Labute approximate surface area is 214 Å². The van der Waals surface area contributed by atoms with Crippen molar-refractivity contribution in [1.82, 2.24) is 19.9 Å². The lowest BCUT2D eigenvalue weighted by Gasteiger charge is -2.23. The number of carboxylic acids is 1. The van der Waals surface area contributed by atoms with Gasteiger partial charge in [-0.1, -0.05) is 0 Å². The Kier molecular flexibility index (Phi) is 8.21. The molecule has 0 spiro atoms. The molecule has 5 N–H and O–H groups in total. The summed E-state index contributed by atoms with van der Waals surface area (Å²) in [5, 5.41) is 9.03. The first kappa shape index (κ1) is 27.2. The number of benzene rings is 1. The first-order chi connectivity index (χ1) is 17.3. The number of ether oxygens (including phenoxy) is 1. The third-order valence-corrected chi connectivity index (χ3v) is 5.41. The molecule has 2 aromatic heterocycles. The minimum absolute atomic E-state index is 0.0196. The highest BCUT2D eigenvalue weighted by Gasteiger charge is 2.28. The van der Waals surface area contributed by atoms with Crippen molar-refractivity contribution in [3.63, 3.8) is 0 Å². The molecule has 0 aliphatic heterocycles. The van der Waals surface area contributed by atoms with E-state index in [0.29, 0.717) is 29.0 Å². The normalized spacial score (nSPS) is 12.2. The number of hydrogen-bond donors (Lipinski definition) is 3. The van der Waals surface area contributed by atoms with Gasteiger partial charge in [0, 0.05) is 31.1 Å². The summed E-state index contributed by atoms with van der Waals surface area (Å²) in [5.41, 5.74) is 13.3. The second kappa shape index (κ2) is 11.1. The Morgan fingerprint density at radius 2 is 1.76 bits per heavy atom. The van der Waals surface area contributed by atoms with Crippen molar-refractivity contribution in [3.8, 4) is 0 Å². The van der Waals surface area contributed by atoms with Gasteiger partial charge in [0.15, 0.2) is 22.8 Å². The van der Waals surface area contributed by atoms with Gasteiger partial charge in [-0.25, -0.2) is 9.97 Å². The molecule has 37 heavy (non-hydrogen) atoms. The van der Waals surface area contributed by atoms with Crippen LogP contribution in [0.25, 0.3) is 11.2 Å². The van der Waals surface area contributed by atoms with Gasteiger partial charge >= 0.3 is 11.9 Å². The molecule has 0 aliphatic carbocycles. The molecule has 0 amide bonds. The Bertz CT molecular complexity index is 1310. The molecule has 0 unspecified atom stereocenters. The van der Waals surface area contributed by atoms with Crippen molar-refractivity contribution >= 4 is 46.3 Å². The highest BCUT2D eigenvalue weighted by Crippen LogP contribution is 2.23. The maximum absolute atomic E-state index is 12.9. The zero-order valence-electron chi connectivity index (χ0n) is 21.3. The van der Waals surface area contributed by atoms with Gasteiger partial charge in [0.1, 0.15) is 5.60 Å². The number of nitrogen functional groups attached to an aromatic ring is 2. The molecular formula is C25H31N7O5. The zero-order valence-corrected chi connectivity index (χ0v) is 21.3. The monoisotopic (exact) mass is 509 g/mol. The van der Waals surface area contributed by atoms with Crippen LogP contribution in [-0.2, 0) is 20.9 Å². The summed E-state index contributed by atoms with van der Waals surface area (Å²) in [5.74, 6) is -2.56. The van der Waals surface area contributed by atoms with Crippen LogP contribution >= 0.6 is 0 Å². The second-order valence-corrected chi connectivity index (χ2v) is 9.69. The molecular weight excluding hydrogens is 478 g/mol. The number of aromatic nitrogens is 4. The maximum Gasteiger partial charge on any atom is 0.309 e. The third kappa shape index (κ3) is 7.56. The number of aliphatic carboxylic acids is 1. The molecule has 3 aromatic rings. The lowest BCUT2D eigenvalue weighted by atomic mass is 9.93. The molecule has 0 aliphatic rings. The van der Waals surface area contributed by atoms with Gasteiger partial charge < -0.3 is 26.2 Å². The Morgan fingerprint density at radius 1 is 1.08 bits per heavy atom. The summed E-state index contributed by atoms with van der Waals surface area (Å²) in [4.78, 5) is 55.1. The fourth-order valence-corrected chi connectivity index (χ4v) is 3.62. The highest BCUT2D eigenvalue weighted by molar-refractivity contribution is 5.98. The Balaban J connectivity index is 1.69. The van der Waals surface area contributed by atoms with E-state index in [9.17, 15) is 14.4 Å². The summed E-state index contributed by atoms with van der Waals surface area (Å²) in [7, 11) is 1.86. The van der Waals surface area contributed by atoms with Crippen molar-refractivity contribution in [1.29, 1.82) is 0 Å². The SMILES string of the molecule is CN(Cc1cnc2nc(N)nc(N)c2n1)c1ccc(C(=O)C[C@H](CCC(=O)O)C(=O)OC(C)(C)C)cc1. The number of carboxylic acid groups (broad SMARTS) is 1. The van der Waals surface area contributed by atoms with E-state index in [4.69, 9.17) is 21.3 Å². The molecule has 1 atom stereocenters. The van der Waals surface area contributed by atoms with Gasteiger partial charge in [-0.05, 0) is 51.5 Å². The van der Waals surface area contributed by atoms with Gasteiger partial charge in [0.25, 0.3) is 0 Å². The number of hydrogen-bond acceptors (Lipinski definition) is 11. The number of ketones is 1. The first-order valence-electron chi connectivity index (χ1n) is 11.7. The van der Waals surface area contributed by atoms with Crippen LogP contribution in [0.1, 0.15) is 56.1 Å². The number of carbonyl (C=O) groups is 3. The molecule has 196 valence electrons. The largest absolute Gasteiger partial charge is 0.481 e. The van der Waals surface area contributed by atoms with Crippen LogP contribution < -0.4 is 16.4 Å². The standard InChI is InChI=1S/C25H31N7O5/c1-25(2,3)37-23(36)15(7-10-19(34)35)11-18(33)14-5-8-17(9-6-14)32(4)13-16-12-28-22-20(29-16)21(26)30-24(27)31-22/h5-6,8-9,12,15H,7,10-11,13H2,1-4H3,(H,34,35)(H4,26,27,28,30,31)/t15-/m0/s1. The van der Waals surface area contributed by atoms with Crippen molar-refractivity contribution in [2.24, 2.45) is 5.92 Å². The van der Waals surface area contributed by atoms with Crippen molar-refractivity contribution in [2.75, 3.05) is 23.4 Å². The van der Waals surface area contributed by atoms with Crippen molar-refractivity contribution < 1.29 is 24.2 Å². The van der Waals surface area contributed by atoms with Crippen molar-refractivity contribution in [2.45, 2.75) is 52.2 Å². The molecule has 0 saturated carbocycles. The number of Topliss-reactive ketones (excluding diaryl/α,β-unsaturated/α-hetero) is 1. The molecule has 0 bridgehead atoms. The predicted molar refractivity (Wildman–Crippen MR) is 138 cm³/mol. The summed E-state index contributed by atoms with van der Waals surface area (Å²) in [6.45, 7) is 5.56. The van der Waals surface area contributed by atoms with Crippen LogP contribution in [0, 0.1) is 5.92 Å². The molecule has 1 aromatic carbocycles. The number of rotatable bonds is 10. The van der Waals surface area contributed by atoms with E-state index < -0.39 is 23.5 Å². The first-order valence-corrected chi connectivity index (χ1v) is 11.7. The number of nitrogens with zero attached hydrogens (tertiary/aromatic N) is 5. The van der Waals surface area contributed by atoms with Crippen LogP contribution in [0.3, 0.4) is 0 Å². The van der Waals surface area contributed by atoms with E-state index >= 15 is 0 Å². The zero-order chi connectivity index (χ0) is 27.3. The van der Waals surface area contributed by atoms with Crippen LogP contribution in [0.2, 0.25) is 0 Å². The van der Waals surface area contributed by atoms with E-state index in [1.54, 1.807) is 51.2 Å². The minimum Gasteiger partial charge on any atom is -0.481 e. The smallest absolute Gasteiger partial charge is 0.309 e. The van der Waals surface area contributed by atoms with E-state index in [2.05, 4.69) is 19.9 Å². The fourth-order valence-electron chi connectivity index (χ4n) is 3.62. The molecule has 0 radical (unpaired) electrons. The predicted octanol–water partition coefficient (Wildman–Crippen LogP) is 2.62. The van der Waals surface area contributed by atoms with E-state index in [-0.39, 0.29) is 36.8 Å². The van der Waals surface area contributed by atoms with Gasteiger partial charge in [-0.2, -0.15) is 9.97 Å². The second-order valence-electron chi connectivity index (χ2n) is 9.69. The van der Waals surface area contributed by atoms with Crippen LogP contribution in [0.15, 0.2) is 30.5 Å². The van der Waals surface area contributed by atoms with Crippen LogP contribution in [0.5, 0.6) is 0 Å². The Hall–Kier alpha value is -4.35. The topological polar surface area (TPSA) is 188 Å². The number of carbonyl (C=O) groups excluding carboxylic acids is 2. The average Bonchev–Trinajstić information content (AvgIpc) is 2.80. The van der Waals surface area contributed by atoms with E-state index in [0.717, 1.165) is 5.69 Å². The van der Waals surface area contributed by atoms with Gasteiger partial charge in [-0.15, -0.1) is 0 Å². The fraction of sp³-hybridized carbons (Fsp3) is 0.400. The molecule has 0 saturated heterocycles. The lowest BCUT2D eigenvalue weighted by Crippen LogP contribution is -2.30. The quantitative estimate of drug-likeness (QED) is 0.268. The Morgan fingerprint density at radius 3 is 2.38 bits per heavy atom. The number of nitrogens with two attached hydrogens (primary N) is 2. The number of esters is 1. The van der Waals surface area contributed by atoms with Gasteiger partial charge in [0.2, 0.25) is 5.95 Å². The molecule has 3 rings (SSSR count). The van der Waals surface area contributed by atoms with Gasteiger partial charge in [-0.3, -0.25) is 14.4 Å². The summed E-state index contributed by atoms with van der Waals surface area (Å²) < 4.78 is 5.39. The maximum atomic E-state index is 12.9. The molecule has 0 fully saturated rings. The summed E-state index contributed by atoms with van der Waals surface area (Å²) in [6.07, 6.45) is 1.23. The minimum atomic E-state index is -1.04. The summed E-state index contributed by atoms with van der Waals surface area (Å²) in [6, 6.07) is 6.88. The molecule has 2 heterocycles. The lowest BCUT2D eigenvalue weighted by molar-refractivity contribution is -0.160. The van der Waals surface area contributed by atoms with E-state index in [1.165, 1.54) is 0 Å². The number of anilines is 3. The number of fused-ring (bicyclic) bond motifs is 1. The van der Waals surface area contributed by atoms with Gasteiger partial charge in [0.05, 0.1) is 24.4 Å². The van der Waals surface area contributed by atoms with Crippen LogP contribution in [0.4, 0.5) is 17.5 Å². The van der Waals surface area contributed by atoms with E-state index in [1.807, 2.05) is 11.9 Å². The highest BCUT2D eigenvalue weighted by atomic mass is 16.6. The molecule has 12 heteroatoms. The van der Waals surface area contributed by atoms with Crippen LogP contribution in [-0.4, -0.2) is 55.4 Å². The average molecular weight is 510 g/mol. The third-order valence-electron chi connectivity index (χ3n) is 5.41.